The van der Waals surface area contributed by atoms with E-state index in [1.165, 1.54) is 24.6 Å². The second-order valence-electron chi connectivity index (χ2n) is 7.56. The number of benzene rings is 2. The van der Waals surface area contributed by atoms with Gasteiger partial charge in [0.1, 0.15) is 22.1 Å². The van der Waals surface area contributed by atoms with E-state index in [-0.39, 0.29) is 4.90 Å². The van der Waals surface area contributed by atoms with Crippen LogP contribution in [0.1, 0.15) is 11.3 Å². The number of thiazole rings is 1. The van der Waals surface area contributed by atoms with Crippen LogP contribution in [0.15, 0.2) is 52.7 Å². The Kier molecular flexibility index (Phi) is 7.06. The Labute approximate surface area is 198 Å². The van der Waals surface area contributed by atoms with Crippen LogP contribution in [0.25, 0.3) is 0 Å². The number of anilines is 1. The normalized spacial score (nSPS) is 14.8. The minimum absolute atomic E-state index is 0.118. The maximum absolute atomic E-state index is 13.3. The summed E-state index contributed by atoms with van der Waals surface area (Å²) in [4.78, 5) is 7.03. The molecule has 0 N–H and O–H groups in total. The highest BCUT2D eigenvalue weighted by atomic mass is 32.2. The monoisotopic (exact) mass is 489 g/mol. The molecule has 4 rings (SSSR count). The molecule has 0 atom stereocenters. The first kappa shape index (κ1) is 23.3. The number of hydrogen-bond acceptors (Lipinski definition) is 8. The van der Waals surface area contributed by atoms with Gasteiger partial charge in [-0.1, -0.05) is 12.1 Å². The standard InChI is InChI=1S/C23H27N3O5S2/c1-29-19-6-4-5-17(14-19)13-18-16-32-23(24-18)25-9-11-26(12-10-25)33(27,28)22-15-20(30-2)7-8-21(22)31-3/h4-8,14-16H,9-13H2,1-3H3. The Hall–Kier alpha value is -2.82. The Morgan fingerprint density at radius 1 is 0.939 bits per heavy atom. The van der Waals surface area contributed by atoms with Gasteiger partial charge in [0.15, 0.2) is 5.13 Å². The van der Waals surface area contributed by atoms with Crippen molar-refractivity contribution in [2.45, 2.75) is 11.3 Å². The molecule has 0 bridgehead atoms. The van der Waals surface area contributed by atoms with E-state index in [9.17, 15) is 8.42 Å². The SMILES string of the molecule is COc1cccc(Cc2csc(N3CCN(S(=O)(=O)c4cc(OC)ccc4OC)CC3)n2)c1. The molecule has 0 amide bonds. The van der Waals surface area contributed by atoms with Gasteiger partial charge < -0.3 is 19.1 Å². The van der Waals surface area contributed by atoms with Crippen molar-refractivity contribution in [1.29, 1.82) is 0 Å². The molecule has 1 aliphatic heterocycles. The summed E-state index contributed by atoms with van der Waals surface area (Å²) in [5, 5.41) is 2.96. The first-order valence-corrected chi connectivity index (χ1v) is 12.8. The van der Waals surface area contributed by atoms with E-state index in [0.717, 1.165) is 28.6 Å². The van der Waals surface area contributed by atoms with Gasteiger partial charge in [-0.15, -0.1) is 11.3 Å². The Morgan fingerprint density at radius 2 is 1.67 bits per heavy atom. The first-order valence-electron chi connectivity index (χ1n) is 10.5. The summed E-state index contributed by atoms with van der Waals surface area (Å²) in [5.74, 6) is 1.60. The van der Waals surface area contributed by atoms with Crippen molar-refractivity contribution in [2.75, 3.05) is 52.4 Å². The summed E-state index contributed by atoms with van der Waals surface area (Å²) < 4.78 is 43.9. The van der Waals surface area contributed by atoms with Gasteiger partial charge in [0, 0.05) is 44.0 Å². The van der Waals surface area contributed by atoms with Crippen LogP contribution >= 0.6 is 11.3 Å². The Balaban J connectivity index is 1.43. The molecule has 2 aromatic carbocycles. The predicted molar refractivity (Wildman–Crippen MR) is 128 cm³/mol. The third-order valence-electron chi connectivity index (χ3n) is 5.56. The van der Waals surface area contributed by atoms with E-state index in [4.69, 9.17) is 19.2 Å². The number of piperazine rings is 1. The molecular formula is C23H27N3O5S2. The van der Waals surface area contributed by atoms with E-state index in [1.807, 2.05) is 18.2 Å². The van der Waals surface area contributed by atoms with Gasteiger partial charge in [0.05, 0.1) is 27.0 Å². The van der Waals surface area contributed by atoms with Crippen LogP contribution in [-0.4, -0.2) is 65.2 Å². The van der Waals surface area contributed by atoms with Gasteiger partial charge in [0.25, 0.3) is 0 Å². The Bertz CT molecular complexity index is 1200. The van der Waals surface area contributed by atoms with E-state index in [2.05, 4.69) is 16.3 Å². The number of aromatic nitrogens is 1. The lowest BCUT2D eigenvalue weighted by Crippen LogP contribution is -2.48. The quantitative estimate of drug-likeness (QED) is 0.480. The third kappa shape index (κ3) is 5.07. The van der Waals surface area contributed by atoms with Crippen molar-refractivity contribution in [2.24, 2.45) is 0 Å². The zero-order valence-electron chi connectivity index (χ0n) is 18.9. The summed E-state index contributed by atoms with van der Waals surface area (Å²) in [5.41, 5.74) is 2.12. The second kappa shape index (κ2) is 9.98. The number of hydrogen-bond donors (Lipinski definition) is 0. The predicted octanol–water partition coefficient (Wildman–Crippen LogP) is 3.27. The van der Waals surface area contributed by atoms with E-state index in [0.29, 0.717) is 37.7 Å². The van der Waals surface area contributed by atoms with Crippen molar-refractivity contribution >= 4 is 26.5 Å². The van der Waals surface area contributed by atoms with Gasteiger partial charge in [-0.25, -0.2) is 13.4 Å². The fourth-order valence-corrected chi connectivity index (χ4v) is 6.23. The maximum atomic E-state index is 13.3. The largest absolute Gasteiger partial charge is 0.497 e. The number of sulfonamides is 1. The molecule has 0 saturated carbocycles. The Morgan fingerprint density at radius 3 is 2.36 bits per heavy atom. The summed E-state index contributed by atoms with van der Waals surface area (Å²) in [7, 11) is 0.915. The molecule has 1 aromatic heterocycles. The van der Waals surface area contributed by atoms with Gasteiger partial charge in [-0.2, -0.15) is 4.31 Å². The second-order valence-corrected chi connectivity index (χ2v) is 10.3. The molecule has 1 saturated heterocycles. The van der Waals surface area contributed by atoms with Crippen molar-refractivity contribution in [3.05, 3.63) is 59.1 Å². The van der Waals surface area contributed by atoms with Crippen LogP contribution in [-0.2, 0) is 16.4 Å². The molecule has 33 heavy (non-hydrogen) atoms. The van der Waals surface area contributed by atoms with Crippen LogP contribution < -0.4 is 19.1 Å². The highest BCUT2D eigenvalue weighted by Crippen LogP contribution is 2.32. The molecule has 0 unspecified atom stereocenters. The molecule has 0 spiro atoms. The van der Waals surface area contributed by atoms with Crippen molar-refractivity contribution in [1.82, 2.24) is 9.29 Å². The minimum atomic E-state index is -3.71. The van der Waals surface area contributed by atoms with Gasteiger partial charge in [0.2, 0.25) is 10.0 Å². The smallest absolute Gasteiger partial charge is 0.247 e. The lowest BCUT2D eigenvalue weighted by Gasteiger charge is -2.34. The topological polar surface area (TPSA) is 81.2 Å². The maximum Gasteiger partial charge on any atom is 0.247 e. The first-order chi connectivity index (χ1) is 15.9. The third-order valence-corrected chi connectivity index (χ3v) is 8.43. The number of ether oxygens (including phenoxy) is 3. The molecule has 176 valence electrons. The van der Waals surface area contributed by atoms with E-state index in [1.54, 1.807) is 30.6 Å². The lowest BCUT2D eigenvalue weighted by molar-refractivity contribution is 0.370. The zero-order chi connectivity index (χ0) is 23.4. The van der Waals surface area contributed by atoms with Crippen LogP contribution in [0.2, 0.25) is 0 Å². The molecule has 0 radical (unpaired) electrons. The van der Waals surface area contributed by atoms with Crippen LogP contribution in [0.4, 0.5) is 5.13 Å². The number of nitrogens with zero attached hydrogens (tertiary/aromatic N) is 3. The summed E-state index contributed by atoms with van der Waals surface area (Å²) in [6.45, 7) is 1.87. The van der Waals surface area contributed by atoms with E-state index >= 15 is 0 Å². The highest BCUT2D eigenvalue weighted by Gasteiger charge is 2.32. The molecule has 1 fully saturated rings. The van der Waals surface area contributed by atoms with Crippen LogP contribution in [0.5, 0.6) is 17.2 Å². The zero-order valence-corrected chi connectivity index (χ0v) is 20.5. The average Bonchev–Trinajstić information content (AvgIpc) is 3.32. The van der Waals surface area contributed by atoms with Crippen molar-refractivity contribution in [3.63, 3.8) is 0 Å². The molecule has 8 nitrogen and oxygen atoms in total. The van der Waals surface area contributed by atoms with Gasteiger partial charge in [-0.05, 0) is 29.8 Å². The summed E-state index contributed by atoms with van der Waals surface area (Å²) >= 11 is 1.58. The molecule has 1 aliphatic rings. The lowest BCUT2D eigenvalue weighted by atomic mass is 10.1. The number of methoxy groups -OCH3 is 3. The fourth-order valence-electron chi connectivity index (χ4n) is 3.76. The molecule has 0 aliphatic carbocycles. The summed E-state index contributed by atoms with van der Waals surface area (Å²) in [6, 6.07) is 12.8. The van der Waals surface area contributed by atoms with Crippen molar-refractivity contribution < 1.29 is 22.6 Å². The average molecular weight is 490 g/mol. The van der Waals surface area contributed by atoms with Crippen LogP contribution in [0, 0.1) is 0 Å². The molecule has 10 heteroatoms. The molecule has 3 aromatic rings. The fraction of sp³-hybridized carbons (Fsp3) is 0.348. The minimum Gasteiger partial charge on any atom is -0.497 e. The highest BCUT2D eigenvalue weighted by molar-refractivity contribution is 7.89. The summed E-state index contributed by atoms with van der Waals surface area (Å²) in [6.07, 6.45) is 0.720. The molecular weight excluding hydrogens is 462 g/mol. The number of rotatable bonds is 8. The van der Waals surface area contributed by atoms with Gasteiger partial charge in [-0.3, -0.25) is 0 Å². The van der Waals surface area contributed by atoms with Gasteiger partial charge >= 0.3 is 0 Å². The molecule has 2 heterocycles. The van der Waals surface area contributed by atoms with Crippen LogP contribution in [0.3, 0.4) is 0 Å². The van der Waals surface area contributed by atoms with Crippen molar-refractivity contribution in [3.8, 4) is 17.2 Å². The van der Waals surface area contributed by atoms with E-state index < -0.39 is 10.0 Å².